The van der Waals surface area contributed by atoms with Gasteiger partial charge in [0.25, 0.3) is 0 Å². The molecule has 2 rings (SSSR count). The average Bonchev–Trinajstić information content (AvgIpc) is 2.36. The van der Waals surface area contributed by atoms with Crippen LogP contribution in [0.3, 0.4) is 0 Å². The molecule has 0 amide bonds. The molecule has 2 heterocycles. The van der Waals surface area contributed by atoms with Gasteiger partial charge in [-0.2, -0.15) is 4.98 Å². The van der Waals surface area contributed by atoms with Crippen molar-refractivity contribution in [2.75, 3.05) is 18.0 Å². The predicted molar refractivity (Wildman–Crippen MR) is 79.8 cm³/mol. The fraction of sp³-hybridized carbons (Fsp3) is 0.667. The zero-order valence-electron chi connectivity index (χ0n) is 10.0. The van der Waals surface area contributed by atoms with Crippen molar-refractivity contribution in [3.63, 3.8) is 0 Å². The highest BCUT2D eigenvalue weighted by Gasteiger charge is 2.17. The van der Waals surface area contributed by atoms with Gasteiger partial charge in [0, 0.05) is 13.1 Å². The van der Waals surface area contributed by atoms with E-state index in [1.54, 1.807) is 0 Å². The molecule has 0 saturated carbocycles. The highest BCUT2D eigenvalue weighted by atomic mass is 127. The molecule has 94 valence electrons. The Kier molecular flexibility index (Phi) is 4.85. The largest absolute Gasteiger partial charge is 0.341 e. The van der Waals surface area contributed by atoms with E-state index in [1.165, 1.54) is 19.3 Å². The second-order valence-corrected chi connectivity index (χ2v) is 5.81. The van der Waals surface area contributed by atoms with Crippen molar-refractivity contribution in [3.05, 3.63) is 14.4 Å². The Balaban J connectivity index is 2.27. The standard InChI is InChI=1S/C12H17ClIN3/c1-2-6-9-10(14)11(13)16-12(15-9)17-7-4-3-5-8-17/h2-8H2,1H3. The number of rotatable bonds is 3. The van der Waals surface area contributed by atoms with Gasteiger partial charge in [-0.15, -0.1) is 0 Å². The second-order valence-electron chi connectivity index (χ2n) is 4.37. The summed E-state index contributed by atoms with van der Waals surface area (Å²) in [6.45, 7) is 4.28. The molecule has 1 aliphatic heterocycles. The van der Waals surface area contributed by atoms with Crippen LogP contribution in [0, 0.1) is 3.57 Å². The van der Waals surface area contributed by atoms with Crippen molar-refractivity contribution in [1.29, 1.82) is 0 Å². The molecule has 0 spiro atoms. The van der Waals surface area contributed by atoms with Gasteiger partial charge >= 0.3 is 0 Å². The molecule has 0 aromatic carbocycles. The Morgan fingerprint density at radius 3 is 2.59 bits per heavy atom. The average molecular weight is 366 g/mol. The Bertz CT molecular complexity index is 392. The van der Waals surface area contributed by atoms with Gasteiger partial charge in [-0.1, -0.05) is 24.9 Å². The minimum atomic E-state index is 0.602. The van der Waals surface area contributed by atoms with Gasteiger partial charge in [-0.3, -0.25) is 0 Å². The van der Waals surface area contributed by atoms with E-state index in [0.29, 0.717) is 5.15 Å². The molecule has 17 heavy (non-hydrogen) atoms. The van der Waals surface area contributed by atoms with E-state index in [-0.39, 0.29) is 0 Å². The molecule has 0 aliphatic carbocycles. The molecule has 1 fully saturated rings. The lowest BCUT2D eigenvalue weighted by molar-refractivity contribution is 0.567. The van der Waals surface area contributed by atoms with E-state index in [1.807, 2.05) is 0 Å². The normalized spacial score (nSPS) is 16.3. The van der Waals surface area contributed by atoms with Crippen LogP contribution in [-0.4, -0.2) is 23.1 Å². The zero-order chi connectivity index (χ0) is 12.3. The summed E-state index contributed by atoms with van der Waals surface area (Å²) in [7, 11) is 0. The van der Waals surface area contributed by atoms with Crippen molar-refractivity contribution in [2.45, 2.75) is 39.0 Å². The summed E-state index contributed by atoms with van der Waals surface area (Å²) < 4.78 is 1.01. The molecule has 5 heteroatoms. The highest BCUT2D eigenvalue weighted by molar-refractivity contribution is 14.1. The molecule has 0 radical (unpaired) electrons. The first kappa shape index (κ1) is 13.3. The topological polar surface area (TPSA) is 29.0 Å². The molecule has 1 aromatic rings. The molecule has 1 aliphatic rings. The molecule has 0 atom stereocenters. The van der Waals surface area contributed by atoms with Gasteiger partial charge < -0.3 is 4.90 Å². The van der Waals surface area contributed by atoms with Crippen LogP contribution in [-0.2, 0) is 6.42 Å². The van der Waals surface area contributed by atoms with Gasteiger partial charge in [0.05, 0.1) is 9.26 Å². The van der Waals surface area contributed by atoms with Crippen LogP contribution < -0.4 is 4.90 Å². The predicted octanol–water partition coefficient (Wildman–Crippen LogP) is 3.68. The molecule has 1 saturated heterocycles. The van der Waals surface area contributed by atoms with Crippen molar-refractivity contribution in [3.8, 4) is 0 Å². The Morgan fingerprint density at radius 2 is 1.94 bits per heavy atom. The second kappa shape index (κ2) is 6.18. The maximum absolute atomic E-state index is 6.19. The van der Waals surface area contributed by atoms with Gasteiger partial charge in [0.2, 0.25) is 5.95 Å². The summed E-state index contributed by atoms with van der Waals surface area (Å²) >= 11 is 8.43. The van der Waals surface area contributed by atoms with Crippen molar-refractivity contribution in [2.24, 2.45) is 0 Å². The number of anilines is 1. The molecular formula is C12H17ClIN3. The van der Waals surface area contributed by atoms with Crippen LogP contribution >= 0.6 is 34.2 Å². The minimum absolute atomic E-state index is 0.602. The van der Waals surface area contributed by atoms with Crippen LogP contribution in [0.4, 0.5) is 5.95 Å². The fourth-order valence-electron chi connectivity index (χ4n) is 2.09. The Labute approximate surface area is 121 Å². The van der Waals surface area contributed by atoms with E-state index in [2.05, 4.69) is 44.4 Å². The van der Waals surface area contributed by atoms with Crippen molar-refractivity contribution >= 4 is 40.1 Å². The number of piperidine rings is 1. The molecular weight excluding hydrogens is 349 g/mol. The number of hydrogen-bond donors (Lipinski definition) is 0. The first-order valence-electron chi connectivity index (χ1n) is 6.19. The van der Waals surface area contributed by atoms with Gasteiger partial charge in [0.15, 0.2) is 0 Å². The maximum atomic E-state index is 6.19. The number of nitrogens with zero attached hydrogens (tertiary/aromatic N) is 3. The van der Waals surface area contributed by atoms with Crippen molar-refractivity contribution in [1.82, 2.24) is 9.97 Å². The van der Waals surface area contributed by atoms with Crippen molar-refractivity contribution < 1.29 is 0 Å². The Morgan fingerprint density at radius 1 is 1.24 bits per heavy atom. The molecule has 1 aromatic heterocycles. The molecule has 0 unspecified atom stereocenters. The van der Waals surface area contributed by atoms with Crippen LogP contribution in [0.1, 0.15) is 38.3 Å². The van der Waals surface area contributed by atoms with Crippen LogP contribution in [0.5, 0.6) is 0 Å². The monoisotopic (exact) mass is 365 g/mol. The highest BCUT2D eigenvalue weighted by Crippen LogP contribution is 2.24. The first-order chi connectivity index (χ1) is 8.22. The van der Waals surface area contributed by atoms with Gasteiger partial charge in [-0.25, -0.2) is 4.98 Å². The summed E-state index contributed by atoms with van der Waals surface area (Å²) in [6.07, 6.45) is 5.84. The zero-order valence-corrected chi connectivity index (χ0v) is 13.0. The third-order valence-electron chi connectivity index (χ3n) is 2.99. The fourth-order valence-corrected chi connectivity index (χ4v) is 2.78. The number of halogens is 2. The number of aryl methyl sites for hydroxylation is 1. The summed E-state index contributed by atoms with van der Waals surface area (Å²) in [5.41, 5.74) is 1.09. The van der Waals surface area contributed by atoms with Gasteiger partial charge in [-0.05, 0) is 48.3 Å². The van der Waals surface area contributed by atoms with Gasteiger partial charge in [0.1, 0.15) is 5.15 Å². The van der Waals surface area contributed by atoms with E-state index < -0.39 is 0 Å². The van der Waals surface area contributed by atoms with E-state index in [4.69, 9.17) is 11.6 Å². The van der Waals surface area contributed by atoms with E-state index >= 15 is 0 Å². The summed E-state index contributed by atoms with van der Waals surface area (Å²) in [6, 6.07) is 0. The van der Waals surface area contributed by atoms with Crippen LogP contribution in [0.15, 0.2) is 0 Å². The maximum Gasteiger partial charge on any atom is 0.227 e. The first-order valence-corrected chi connectivity index (χ1v) is 7.65. The Hall–Kier alpha value is -0.100. The van der Waals surface area contributed by atoms with E-state index in [9.17, 15) is 0 Å². The quantitative estimate of drug-likeness (QED) is 0.604. The summed E-state index contributed by atoms with van der Waals surface area (Å²) in [4.78, 5) is 11.3. The SMILES string of the molecule is CCCc1nc(N2CCCCC2)nc(Cl)c1I. The number of hydrogen-bond acceptors (Lipinski definition) is 3. The smallest absolute Gasteiger partial charge is 0.227 e. The van der Waals surface area contributed by atoms with Crippen LogP contribution in [0.25, 0.3) is 0 Å². The third-order valence-corrected chi connectivity index (χ3v) is 4.72. The van der Waals surface area contributed by atoms with E-state index in [0.717, 1.165) is 41.1 Å². The molecule has 0 bridgehead atoms. The number of aromatic nitrogens is 2. The lowest BCUT2D eigenvalue weighted by atomic mass is 10.1. The lowest BCUT2D eigenvalue weighted by Crippen LogP contribution is -2.31. The lowest BCUT2D eigenvalue weighted by Gasteiger charge is -2.27. The minimum Gasteiger partial charge on any atom is -0.341 e. The summed E-state index contributed by atoms with van der Waals surface area (Å²) in [5, 5.41) is 0.602. The molecule has 0 N–H and O–H groups in total. The molecule has 3 nitrogen and oxygen atoms in total. The van der Waals surface area contributed by atoms with Crippen LogP contribution in [0.2, 0.25) is 5.15 Å². The summed E-state index contributed by atoms with van der Waals surface area (Å²) in [5.74, 6) is 0.818. The third kappa shape index (κ3) is 3.22.